The number of benzene rings is 1. The molecule has 0 aromatic heterocycles. The summed E-state index contributed by atoms with van der Waals surface area (Å²) < 4.78 is 0. The molecule has 5 atom stereocenters. The van der Waals surface area contributed by atoms with Crippen molar-refractivity contribution in [1.82, 2.24) is 15.5 Å². The van der Waals surface area contributed by atoms with Crippen LogP contribution in [0.4, 0.5) is 0 Å². The lowest BCUT2D eigenvalue weighted by Gasteiger charge is -2.35. The maximum atomic E-state index is 13.8. The van der Waals surface area contributed by atoms with Gasteiger partial charge < -0.3 is 15.5 Å². The monoisotopic (exact) mass is 567 g/mol. The first-order valence-corrected chi connectivity index (χ1v) is 15.9. The van der Waals surface area contributed by atoms with E-state index in [1.807, 2.05) is 37.3 Å². The number of ketones is 1. The fourth-order valence-corrected chi connectivity index (χ4v) is 7.61. The Balaban J connectivity index is 1.39. The van der Waals surface area contributed by atoms with Crippen molar-refractivity contribution < 1.29 is 19.2 Å². The van der Waals surface area contributed by atoms with Crippen molar-refractivity contribution in [3.63, 3.8) is 0 Å². The van der Waals surface area contributed by atoms with Crippen LogP contribution in [0.25, 0.3) is 0 Å². The Hall–Kier alpha value is -2.61. The molecule has 1 unspecified atom stereocenters. The Labute approximate surface area is 243 Å². The lowest BCUT2D eigenvalue weighted by Crippen LogP contribution is -2.56. The summed E-state index contributed by atoms with van der Waals surface area (Å²) in [6.45, 7) is 11.0. The predicted molar refractivity (Wildman–Crippen MR) is 159 cm³/mol. The first-order chi connectivity index (χ1) is 19.2. The van der Waals surface area contributed by atoms with Gasteiger partial charge in [0.15, 0.2) is 0 Å². The van der Waals surface area contributed by atoms with Crippen LogP contribution in [0.1, 0.15) is 65.7 Å². The van der Waals surface area contributed by atoms with Gasteiger partial charge in [-0.15, -0.1) is 18.3 Å². The van der Waals surface area contributed by atoms with E-state index in [-0.39, 0.29) is 41.4 Å². The largest absolute Gasteiger partial charge is 0.349 e. The molecule has 3 amide bonds. The summed E-state index contributed by atoms with van der Waals surface area (Å²) in [7, 11) is 0. The number of Topliss-reactive ketones (excluding diaryl/α,β-unsaturated/α-hetero) is 1. The Morgan fingerprint density at radius 1 is 1.12 bits per heavy atom. The number of allylic oxidation sites excluding steroid dienone is 1. The van der Waals surface area contributed by atoms with E-state index in [4.69, 9.17) is 0 Å². The van der Waals surface area contributed by atoms with Crippen molar-refractivity contribution in [3.05, 3.63) is 43.0 Å². The normalized spacial score (nSPS) is 24.9. The minimum Gasteiger partial charge on any atom is -0.349 e. The van der Waals surface area contributed by atoms with Crippen LogP contribution in [0.2, 0.25) is 0 Å². The summed E-state index contributed by atoms with van der Waals surface area (Å²) in [5.74, 6) is -0.406. The second kappa shape index (κ2) is 13.4. The molecule has 3 aliphatic rings. The molecule has 1 aromatic rings. The average Bonchev–Trinajstić information content (AvgIpc) is 3.28. The van der Waals surface area contributed by atoms with Gasteiger partial charge in [-0.1, -0.05) is 64.3 Å². The van der Waals surface area contributed by atoms with Crippen LogP contribution in [0.15, 0.2) is 47.9 Å². The highest BCUT2D eigenvalue weighted by Crippen LogP contribution is 2.65. The van der Waals surface area contributed by atoms with Gasteiger partial charge in [-0.3, -0.25) is 19.2 Å². The maximum Gasteiger partial charge on any atom is 0.289 e. The van der Waals surface area contributed by atoms with Crippen molar-refractivity contribution in [2.45, 2.75) is 82.7 Å². The number of nitrogens with one attached hydrogen (secondary N) is 2. The van der Waals surface area contributed by atoms with E-state index in [1.165, 1.54) is 6.42 Å². The maximum absolute atomic E-state index is 13.8. The van der Waals surface area contributed by atoms with E-state index in [0.717, 1.165) is 30.6 Å². The SMILES string of the molecule is C=CCCC(NC(=O)[C@@H]1[C@@H]2[C@H](CN1C(=O)[C@@H](C)C1CCCCC1)C2(C)C)C(=O)C(=O)NCCSc1ccccc1. The predicted octanol–water partition coefficient (Wildman–Crippen LogP) is 4.61. The number of hydrogen-bond donors (Lipinski definition) is 2. The second-order valence-corrected chi connectivity index (χ2v) is 13.5. The highest BCUT2D eigenvalue weighted by molar-refractivity contribution is 7.99. The van der Waals surface area contributed by atoms with Gasteiger partial charge in [-0.2, -0.15) is 0 Å². The number of nitrogens with zero attached hydrogens (tertiary/aromatic N) is 1. The molecule has 0 spiro atoms. The molecule has 4 rings (SSSR count). The average molecular weight is 568 g/mol. The second-order valence-electron chi connectivity index (χ2n) is 12.3. The van der Waals surface area contributed by atoms with Gasteiger partial charge in [-0.05, 0) is 61.0 Å². The van der Waals surface area contributed by atoms with E-state index < -0.39 is 23.8 Å². The van der Waals surface area contributed by atoms with Crippen molar-refractivity contribution in [2.75, 3.05) is 18.8 Å². The molecule has 1 aliphatic heterocycles. The van der Waals surface area contributed by atoms with Gasteiger partial charge in [0.25, 0.3) is 5.91 Å². The summed E-state index contributed by atoms with van der Waals surface area (Å²) in [5.41, 5.74) is -0.0265. The lowest BCUT2D eigenvalue weighted by atomic mass is 9.80. The molecule has 2 N–H and O–H groups in total. The Morgan fingerprint density at radius 3 is 2.50 bits per heavy atom. The summed E-state index contributed by atoms with van der Waals surface area (Å²) in [4.78, 5) is 56.3. The zero-order valence-electron chi connectivity index (χ0n) is 24.2. The number of hydrogen-bond acceptors (Lipinski definition) is 5. The highest BCUT2D eigenvalue weighted by Gasteiger charge is 2.69. The van der Waals surface area contributed by atoms with Crippen LogP contribution in [-0.2, 0) is 19.2 Å². The van der Waals surface area contributed by atoms with E-state index in [2.05, 4.69) is 31.1 Å². The minimum absolute atomic E-state index is 0.0265. The van der Waals surface area contributed by atoms with Crippen LogP contribution in [0, 0.1) is 29.1 Å². The van der Waals surface area contributed by atoms with Gasteiger partial charge in [0, 0.05) is 29.7 Å². The molecule has 40 heavy (non-hydrogen) atoms. The highest BCUT2D eigenvalue weighted by atomic mass is 32.2. The van der Waals surface area contributed by atoms with Crippen molar-refractivity contribution in [2.24, 2.45) is 29.1 Å². The molecule has 1 saturated heterocycles. The summed E-state index contributed by atoms with van der Waals surface area (Å²) in [6, 6.07) is 8.29. The molecule has 7 nitrogen and oxygen atoms in total. The van der Waals surface area contributed by atoms with Crippen LogP contribution < -0.4 is 10.6 Å². The third-order valence-corrected chi connectivity index (χ3v) is 10.4. The van der Waals surface area contributed by atoms with Crippen LogP contribution >= 0.6 is 11.8 Å². The first kappa shape index (κ1) is 30.4. The lowest BCUT2D eigenvalue weighted by molar-refractivity contribution is -0.146. The molecule has 1 heterocycles. The van der Waals surface area contributed by atoms with Gasteiger partial charge in [0.05, 0.1) is 6.04 Å². The molecule has 1 aromatic carbocycles. The summed E-state index contributed by atoms with van der Waals surface area (Å²) in [5, 5.41) is 5.60. The van der Waals surface area contributed by atoms with Gasteiger partial charge in [0.1, 0.15) is 6.04 Å². The topological polar surface area (TPSA) is 95.6 Å². The Morgan fingerprint density at radius 2 is 1.82 bits per heavy atom. The number of carbonyl (C=O) groups excluding carboxylic acids is 4. The van der Waals surface area contributed by atoms with E-state index in [9.17, 15) is 19.2 Å². The van der Waals surface area contributed by atoms with Crippen molar-refractivity contribution in [1.29, 1.82) is 0 Å². The van der Waals surface area contributed by atoms with Crippen LogP contribution in [0.5, 0.6) is 0 Å². The number of amides is 3. The van der Waals surface area contributed by atoms with Crippen LogP contribution in [0.3, 0.4) is 0 Å². The quantitative estimate of drug-likeness (QED) is 0.157. The Bertz CT molecular complexity index is 1080. The van der Waals surface area contributed by atoms with E-state index in [1.54, 1.807) is 22.7 Å². The first-order valence-electron chi connectivity index (χ1n) is 14.9. The summed E-state index contributed by atoms with van der Waals surface area (Å²) in [6.07, 6.45) is 8.12. The van der Waals surface area contributed by atoms with Gasteiger partial charge in [0.2, 0.25) is 17.6 Å². The zero-order valence-corrected chi connectivity index (χ0v) is 25.0. The molecular weight excluding hydrogens is 522 g/mol. The number of carbonyl (C=O) groups is 4. The number of likely N-dealkylation sites (tertiary alicyclic amines) is 1. The molecule has 0 bridgehead atoms. The standard InChI is InChI=1S/C32H45N3O4S/c1-5-6-17-25(28(36)30(38)33-18-19-40-23-15-11-8-12-16-23)34-29(37)27-26-24(32(26,3)4)20-35(27)31(39)21(2)22-13-9-7-10-14-22/h5,8,11-12,15-16,21-22,24-27H,1,6-7,9-10,13-14,17-20H2,2-4H3,(H,33,38)(H,34,37)/t21-,24-,25?,26-,27-/m0/s1. The van der Waals surface area contributed by atoms with Crippen LogP contribution in [-0.4, -0.2) is 59.3 Å². The summed E-state index contributed by atoms with van der Waals surface area (Å²) >= 11 is 1.60. The number of rotatable bonds is 13. The fraction of sp³-hybridized carbons (Fsp3) is 0.625. The molecular formula is C32H45N3O4S. The van der Waals surface area contributed by atoms with Gasteiger partial charge in [-0.25, -0.2) is 0 Å². The third kappa shape index (κ3) is 6.81. The zero-order chi connectivity index (χ0) is 28.9. The molecule has 0 radical (unpaired) electrons. The minimum atomic E-state index is -0.957. The molecule has 2 aliphatic carbocycles. The number of thioether (sulfide) groups is 1. The Kier molecular flexibility index (Phi) is 10.1. The molecule has 3 fully saturated rings. The molecule has 2 saturated carbocycles. The fourth-order valence-electron chi connectivity index (χ4n) is 6.82. The smallest absolute Gasteiger partial charge is 0.289 e. The number of piperidine rings is 1. The van der Waals surface area contributed by atoms with E-state index in [0.29, 0.717) is 31.2 Å². The van der Waals surface area contributed by atoms with Crippen molar-refractivity contribution >= 4 is 35.3 Å². The molecule has 218 valence electrons. The molecule has 8 heteroatoms. The van der Waals surface area contributed by atoms with Crippen molar-refractivity contribution in [3.8, 4) is 0 Å². The third-order valence-electron chi connectivity index (χ3n) is 9.42. The van der Waals surface area contributed by atoms with E-state index >= 15 is 0 Å². The van der Waals surface area contributed by atoms with Gasteiger partial charge >= 0.3 is 0 Å². The number of fused-ring (bicyclic) bond motifs is 1.